The molecule has 0 aromatic heterocycles. The van der Waals surface area contributed by atoms with Crippen LogP contribution in [0.5, 0.6) is 11.5 Å². The average Bonchev–Trinajstić information content (AvgIpc) is 2.95. The summed E-state index contributed by atoms with van der Waals surface area (Å²) in [6.07, 6.45) is 1.11. The molecule has 0 saturated carbocycles. The van der Waals surface area contributed by atoms with E-state index in [9.17, 15) is 4.79 Å². The largest absolute Gasteiger partial charge is 0.497 e. The third-order valence-corrected chi connectivity index (χ3v) is 19.4. The minimum absolute atomic E-state index is 0.0301. The van der Waals surface area contributed by atoms with Crippen LogP contribution in [0.1, 0.15) is 84.9 Å². The Hall–Kier alpha value is -1.98. The fourth-order valence-electron chi connectivity index (χ4n) is 4.93. The lowest BCUT2D eigenvalue weighted by Crippen LogP contribution is -2.51. The maximum absolute atomic E-state index is 13.9. The minimum Gasteiger partial charge on any atom is -0.497 e. The first kappa shape index (κ1) is 40.2. The number of esters is 1. The standard InChI is InChI=1S/C38H64O6Si2/c1-27-18-16-19-28(2)34(27)43-36(39)30(4)35(44-46(14,15)38(8,9)10)29(3)33(20-17-25-42-45(12,13)37(5,6)7)41-26-31-21-23-32(40-11)24-22-31/h16,18-19,21-24,29-30,33,35H,17,20,25-26H2,1-15H3/t29-,30?,33+,35+/m0/s1. The van der Waals surface area contributed by atoms with Gasteiger partial charge < -0.3 is 23.1 Å². The van der Waals surface area contributed by atoms with E-state index in [1.54, 1.807) is 7.11 Å². The van der Waals surface area contributed by atoms with Crippen LogP contribution >= 0.6 is 0 Å². The third-order valence-electron chi connectivity index (χ3n) is 10.3. The second-order valence-corrected chi connectivity index (χ2v) is 25.6. The SMILES string of the molecule is COc1ccc(CO[C@H](CCCO[Si](C)(C)C(C)(C)C)[C@H](C)[C@@H](O[Si](C)(C)C(C)(C)C)C(C)C(=O)Oc2c(C)cccc2C)cc1. The topological polar surface area (TPSA) is 63.2 Å². The molecule has 0 saturated heterocycles. The van der Waals surface area contributed by atoms with Crippen molar-refractivity contribution in [1.29, 1.82) is 0 Å². The van der Waals surface area contributed by atoms with Gasteiger partial charge in [0.1, 0.15) is 11.5 Å². The molecule has 0 aliphatic carbocycles. The van der Waals surface area contributed by atoms with Crippen LogP contribution in [0.2, 0.25) is 36.3 Å². The quantitative estimate of drug-likeness (QED) is 0.0765. The number of hydrogen-bond donors (Lipinski definition) is 0. The number of hydrogen-bond acceptors (Lipinski definition) is 6. The molecule has 4 atom stereocenters. The number of carbonyl (C=O) groups is 1. The van der Waals surface area contributed by atoms with Crippen LogP contribution < -0.4 is 9.47 Å². The molecule has 0 N–H and O–H groups in total. The van der Waals surface area contributed by atoms with Crippen LogP contribution in [0.15, 0.2) is 42.5 Å². The van der Waals surface area contributed by atoms with E-state index in [1.165, 1.54) is 0 Å². The molecule has 0 bridgehead atoms. The van der Waals surface area contributed by atoms with Gasteiger partial charge in [0.2, 0.25) is 0 Å². The summed E-state index contributed by atoms with van der Waals surface area (Å²) in [5.41, 5.74) is 2.95. The van der Waals surface area contributed by atoms with E-state index in [0.29, 0.717) is 19.0 Å². The Morgan fingerprint density at radius 3 is 1.87 bits per heavy atom. The molecular weight excluding hydrogens is 609 g/mol. The lowest BCUT2D eigenvalue weighted by Gasteiger charge is -2.44. The molecule has 2 aromatic carbocycles. The highest BCUT2D eigenvalue weighted by atomic mass is 28.4. The number of para-hydroxylation sites is 1. The van der Waals surface area contributed by atoms with Crippen molar-refractivity contribution in [1.82, 2.24) is 0 Å². The summed E-state index contributed by atoms with van der Waals surface area (Å²) >= 11 is 0. The number of carbonyl (C=O) groups excluding carboxylic acids is 1. The molecule has 1 unspecified atom stereocenters. The van der Waals surface area contributed by atoms with Crippen LogP contribution in [0.25, 0.3) is 0 Å². The second kappa shape index (κ2) is 16.4. The first-order valence-corrected chi connectivity index (χ1v) is 22.8. The number of rotatable bonds is 16. The molecule has 0 spiro atoms. The highest BCUT2D eigenvalue weighted by Crippen LogP contribution is 2.41. The second-order valence-electron chi connectivity index (χ2n) is 16.1. The molecule has 0 heterocycles. The molecular formula is C38H64O6Si2. The predicted molar refractivity (Wildman–Crippen MR) is 196 cm³/mol. The molecule has 0 aliphatic rings. The van der Waals surface area contributed by atoms with E-state index < -0.39 is 22.6 Å². The summed E-state index contributed by atoms with van der Waals surface area (Å²) in [4.78, 5) is 13.9. The lowest BCUT2D eigenvalue weighted by atomic mass is 9.87. The van der Waals surface area contributed by atoms with Gasteiger partial charge in [-0.05, 0) is 98.7 Å². The van der Waals surface area contributed by atoms with Crippen LogP contribution in [-0.2, 0) is 25.0 Å². The summed E-state index contributed by atoms with van der Waals surface area (Å²) in [7, 11) is -2.48. The molecule has 0 radical (unpaired) electrons. The fraction of sp³-hybridized carbons (Fsp3) is 0.658. The monoisotopic (exact) mass is 672 g/mol. The van der Waals surface area contributed by atoms with E-state index in [-0.39, 0.29) is 34.2 Å². The summed E-state index contributed by atoms with van der Waals surface area (Å²) in [6, 6.07) is 13.9. The van der Waals surface area contributed by atoms with Gasteiger partial charge >= 0.3 is 5.97 Å². The number of benzene rings is 2. The predicted octanol–water partition coefficient (Wildman–Crippen LogP) is 10.3. The Morgan fingerprint density at radius 2 is 1.37 bits per heavy atom. The highest BCUT2D eigenvalue weighted by Gasteiger charge is 2.45. The lowest BCUT2D eigenvalue weighted by molar-refractivity contribution is -0.145. The Morgan fingerprint density at radius 1 is 0.826 bits per heavy atom. The van der Waals surface area contributed by atoms with Crippen LogP contribution in [0, 0.1) is 25.7 Å². The van der Waals surface area contributed by atoms with Crippen molar-refractivity contribution in [2.24, 2.45) is 11.8 Å². The van der Waals surface area contributed by atoms with Crippen molar-refractivity contribution in [3.63, 3.8) is 0 Å². The van der Waals surface area contributed by atoms with Gasteiger partial charge in [0.15, 0.2) is 16.6 Å². The van der Waals surface area contributed by atoms with E-state index in [4.69, 9.17) is 23.1 Å². The van der Waals surface area contributed by atoms with E-state index in [0.717, 1.165) is 35.3 Å². The molecule has 260 valence electrons. The van der Waals surface area contributed by atoms with E-state index in [2.05, 4.69) is 74.7 Å². The van der Waals surface area contributed by atoms with Crippen LogP contribution in [0.3, 0.4) is 0 Å². The summed E-state index contributed by atoms with van der Waals surface area (Å²) in [5, 5.41) is 0.121. The van der Waals surface area contributed by atoms with Gasteiger partial charge in [0, 0.05) is 12.5 Å². The van der Waals surface area contributed by atoms with E-state index in [1.807, 2.05) is 63.2 Å². The normalized spacial score (nSPS) is 15.6. The molecule has 46 heavy (non-hydrogen) atoms. The average molecular weight is 673 g/mol. The fourth-order valence-corrected chi connectivity index (χ4v) is 7.47. The maximum Gasteiger partial charge on any atom is 0.316 e. The van der Waals surface area contributed by atoms with Crippen molar-refractivity contribution in [2.45, 2.75) is 137 Å². The highest BCUT2D eigenvalue weighted by molar-refractivity contribution is 6.74. The molecule has 0 aliphatic heterocycles. The Balaban J connectivity index is 2.40. The Bertz CT molecular complexity index is 1220. The van der Waals surface area contributed by atoms with Gasteiger partial charge in [-0.25, -0.2) is 0 Å². The summed E-state index contributed by atoms with van der Waals surface area (Å²) in [6.45, 7) is 31.8. The van der Waals surface area contributed by atoms with Gasteiger partial charge in [-0.1, -0.05) is 78.8 Å². The van der Waals surface area contributed by atoms with Gasteiger partial charge in [-0.2, -0.15) is 0 Å². The number of ether oxygens (including phenoxy) is 3. The van der Waals surface area contributed by atoms with Crippen LogP contribution in [0.4, 0.5) is 0 Å². The van der Waals surface area contributed by atoms with Crippen molar-refractivity contribution < 1.29 is 27.9 Å². The molecule has 2 rings (SSSR count). The van der Waals surface area contributed by atoms with Crippen molar-refractivity contribution in [2.75, 3.05) is 13.7 Å². The Labute approximate surface area is 283 Å². The molecule has 6 nitrogen and oxygen atoms in total. The molecule has 8 heteroatoms. The number of aryl methyl sites for hydroxylation is 2. The third kappa shape index (κ3) is 11.0. The minimum atomic E-state index is -2.28. The van der Waals surface area contributed by atoms with Crippen molar-refractivity contribution >= 4 is 22.6 Å². The molecule has 0 fully saturated rings. The summed E-state index contributed by atoms with van der Waals surface area (Å²) < 4.78 is 31.9. The van der Waals surface area contributed by atoms with Crippen LogP contribution in [-0.4, -0.2) is 48.5 Å². The first-order valence-electron chi connectivity index (χ1n) is 17.0. The van der Waals surface area contributed by atoms with Gasteiger partial charge in [-0.15, -0.1) is 0 Å². The summed E-state index contributed by atoms with van der Waals surface area (Å²) in [5.74, 6) is 0.589. The zero-order valence-electron chi connectivity index (χ0n) is 31.6. The van der Waals surface area contributed by atoms with Gasteiger partial charge in [0.05, 0.1) is 31.8 Å². The first-order chi connectivity index (χ1) is 21.1. The van der Waals surface area contributed by atoms with Crippen molar-refractivity contribution in [3.8, 4) is 11.5 Å². The van der Waals surface area contributed by atoms with E-state index >= 15 is 0 Å². The maximum atomic E-state index is 13.9. The smallest absolute Gasteiger partial charge is 0.316 e. The van der Waals surface area contributed by atoms with Gasteiger partial charge in [0.25, 0.3) is 0 Å². The van der Waals surface area contributed by atoms with Gasteiger partial charge in [-0.3, -0.25) is 4.79 Å². The number of methoxy groups -OCH3 is 1. The zero-order valence-corrected chi connectivity index (χ0v) is 33.6. The zero-order chi connectivity index (χ0) is 35.1. The van der Waals surface area contributed by atoms with Crippen molar-refractivity contribution in [3.05, 3.63) is 59.2 Å². The molecule has 0 amide bonds. The Kier molecular flexibility index (Phi) is 14.3. The molecule has 2 aromatic rings.